The Labute approximate surface area is 313 Å². The topological polar surface area (TPSA) is 27.5 Å². The summed E-state index contributed by atoms with van der Waals surface area (Å²) in [4.78, 5) is 11.8. The monoisotopic (exact) mass is 840 g/mol. The molecule has 0 aliphatic carbocycles. The van der Waals surface area contributed by atoms with E-state index >= 15 is 0 Å². The molecule has 8 aromatic rings. The molecular formula is C45H35N5Pt. The molecule has 6 heteroatoms. The second-order valence-electron chi connectivity index (χ2n) is 13.0. The second-order valence-corrected chi connectivity index (χ2v) is 13.0. The molecule has 3 heterocycles. The van der Waals surface area contributed by atoms with E-state index in [4.69, 9.17) is 4.98 Å². The molecule has 0 bridgehead atoms. The first-order valence-corrected chi connectivity index (χ1v) is 17.0. The van der Waals surface area contributed by atoms with Crippen LogP contribution in [0.1, 0.15) is 11.1 Å². The number of fused-ring (bicyclic) bond motifs is 4. The van der Waals surface area contributed by atoms with Crippen LogP contribution in [0.15, 0.2) is 146 Å². The maximum Gasteiger partial charge on any atom is 2.00 e. The predicted octanol–water partition coefficient (Wildman–Crippen LogP) is 11.1. The minimum absolute atomic E-state index is 0. The number of aromatic nitrogens is 2. The molecule has 51 heavy (non-hydrogen) atoms. The Morgan fingerprint density at radius 1 is 0.647 bits per heavy atom. The van der Waals surface area contributed by atoms with Crippen molar-refractivity contribution in [3.8, 4) is 16.9 Å². The summed E-state index contributed by atoms with van der Waals surface area (Å²) in [5.74, 6) is 0.862. The Kier molecular flexibility index (Phi) is 8.45. The van der Waals surface area contributed by atoms with Crippen LogP contribution in [0.4, 0.5) is 34.1 Å². The minimum atomic E-state index is 0. The van der Waals surface area contributed by atoms with Crippen LogP contribution < -0.4 is 14.7 Å². The summed E-state index contributed by atoms with van der Waals surface area (Å²) < 4.78 is 2.26. The van der Waals surface area contributed by atoms with Crippen LogP contribution in [0.2, 0.25) is 0 Å². The number of rotatable bonds is 6. The number of aryl methyl sites for hydroxylation is 2. The van der Waals surface area contributed by atoms with Gasteiger partial charge >= 0.3 is 21.1 Å². The molecule has 1 aliphatic rings. The Bertz CT molecular complexity index is 2520. The van der Waals surface area contributed by atoms with Crippen molar-refractivity contribution < 1.29 is 21.1 Å². The van der Waals surface area contributed by atoms with Gasteiger partial charge in [-0.3, -0.25) is 0 Å². The van der Waals surface area contributed by atoms with Crippen molar-refractivity contribution in [3.05, 3.63) is 169 Å². The fourth-order valence-electron chi connectivity index (χ4n) is 7.52. The average Bonchev–Trinajstić information content (AvgIpc) is 3.67. The zero-order chi connectivity index (χ0) is 33.8. The minimum Gasteiger partial charge on any atom is -0.358 e. The van der Waals surface area contributed by atoms with Crippen LogP contribution in [0.25, 0.3) is 38.8 Å². The largest absolute Gasteiger partial charge is 2.00 e. The standard InChI is InChI=1S/C45H35N5.Pt/c1-31-13-11-14-32(2)45(31)33-25-26-46-44(27-33)50-40-20-8-7-19-38(40)39-24-23-37(29-43(39)50)49(34-15-5-4-6-16-34)36-18-12-17-35(28-36)48-30-47(3)41-21-9-10-22-42(41)48;/h4-27H,30H2,1-3H3;/q-2;+2. The van der Waals surface area contributed by atoms with Gasteiger partial charge in [0.05, 0.1) is 18.0 Å². The molecule has 0 saturated carbocycles. The van der Waals surface area contributed by atoms with E-state index in [1.165, 1.54) is 33.5 Å². The Morgan fingerprint density at radius 3 is 2.18 bits per heavy atom. The molecular weight excluding hydrogens is 806 g/mol. The smallest absolute Gasteiger partial charge is 0.358 e. The molecule has 0 spiro atoms. The van der Waals surface area contributed by atoms with E-state index in [2.05, 4.69) is 192 Å². The Hall–Kier alpha value is -5.64. The predicted molar refractivity (Wildman–Crippen MR) is 208 cm³/mol. The van der Waals surface area contributed by atoms with Crippen molar-refractivity contribution in [2.45, 2.75) is 13.8 Å². The van der Waals surface area contributed by atoms with Gasteiger partial charge in [0.15, 0.2) is 0 Å². The van der Waals surface area contributed by atoms with Crippen molar-refractivity contribution in [2.24, 2.45) is 0 Å². The number of para-hydroxylation sites is 4. The maximum atomic E-state index is 4.95. The summed E-state index contributed by atoms with van der Waals surface area (Å²) in [7, 11) is 2.13. The van der Waals surface area contributed by atoms with Crippen LogP contribution in [0, 0.1) is 26.0 Å². The van der Waals surface area contributed by atoms with E-state index in [1.54, 1.807) is 0 Å². The van der Waals surface area contributed by atoms with E-state index in [9.17, 15) is 0 Å². The first-order valence-electron chi connectivity index (χ1n) is 17.0. The number of benzene rings is 6. The third-order valence-electron chi connectivity index (χ3n) is 9.80. The summed E-state index contributed by atoms with van der Waals surface area (Å²) in [6.45, 7) is 5.11. The van der Waals surface area contributed by atoms with Crippen molar-refractivity contribution in [1.82, 2.24) is 9.55 Å². The number of hydrogen-bond donors (Lipinski definition) is 0. The average molecular weight is 841 g/mol. The van der Waals surface area contributed by atoms with Gasteiger partial charge in [-0.1, -0.05) is 89.3 Å². The molecule has 250 valence electrons. The zero-order valence-electron chi connectivity index (χ0n) is 28.6. The van der Waals surface area contributed by atoms with E-state index in [0.29, 0.717) is 0 Å². The molecule has 0 atom stereocenters. The van der Waals surface area contributed by atoms with E-state index < -0.39 is 0 Å². The van der Waals surface area contributed by atoms with Crippen molar-refractivity contribution >= 4 is 55.9 Å². The third kappa shape index (κ3) is 5.59. The number of anilines is 6. The van der Waals surface area contributed by atoms with Gasteiger partial charge in [-0.2, -0.15) is 12.1 Å². The van der Waals surface area contributed by atoms with Gasteiger partial charge in [-0.15, -0.1) is 35.7 Å². The molecule has 0 saturated heterocycles. The number of nitrogens with zero attached hydrogens (tertiary/aromatic N) is 5. The summed E-state index contributed by atoms with van der Waals surface area (Å²) in [6, 6.07) is 56.8. The van der Waals surface area contributed by atoms with E-state index in [-0.39, 0.29) is 21.1 Å². The van der Waals surface area contributed by atoms with Crippen molar-refractivity contribution in [2.75, 3.05) is 28.4 Å². The number of hydrogen-bond acceptors (Lipinski definition) is 4. The third-order valence-corrected chi connectivity index (χ3v) is 9.80. The first-order chi connectivity index (χ1) is 24.5. The van der Waals surface area contributed by atoms with E-state index in [1.807, 2.05) is 6.20 Å². The molecule has 5 nitrogen and oxygen atoms in total. The number of pyridine rings is 1. The SMILES string of the molecule is Cc1cccc(C)c1-c1ccnc(-n2c3[c-]c(N(c4[c-]c(N5CN(C)c6ccccc65)ccc4)c4ccccc4)ccc3c3ccccc32)c1.[Pt+2]. The van der Waals surface area contributed by atoms with E-state index in [0.717, 1.165) is 57.2 Å². The van der Waals surface area contributed by atoms with Gasteiger partial charge in [0.2, 0.25) is 0 Å². The molecule has 0 unspecified atom stereocenters. The molecule has 2 aromatic heterocycles. The second kappa shape index (κ2) is 13.2. The first kappa shape index (κ1) is 32.6. The zero-order valence-corrected chi connectivity index (χ0v) is 30.9. The molecule has 6 aromatic carbocycles. The van der Waals surface area contributed by atoms with Crippen LogP contribution in [0.5, 0.6) is 0 Å². The van der Waals surface area contributed by atoms with Gasteiger partial charge in [-0.25, -0.2) is 4.98 Å². The normalized spacial score (nSPS) is 12.3. The van der Waals surface area contributed by atoms with Crippen LogP contribution >= 0.6 is 0 Å². The summed E-state index contributed by atoms with van der Waals surface area (Å²) in [6.07, 6.45) is 1.92. The summed E-state index contributed by atoms with van der Waals surface area (Å²) in [5.41, 5.74) is 13.3. The van der Waals surface area contributed by atoms with Crippen molar-refractivity contribution in [3.63, 3.8) is 0 Å². The van der Waals surface area contributed by atoms with Crippen LogP contribution in [0.3, 0.4) is 0 Å². The molecule has 0 amide bonds. The quantitative estimate of drug-likeness (QED) is 0.156. The van der Waals surface area contributed by atoms with Crippen LogP contribution in [-0.2, 0) is 21.1 Å². The van der Waals surface area contributed by atoms with Crippen molar-refractivity contribution in [1.29, 1.82) is 0 Å². The molecule has 1 aliphatic heterocycles. The fourth-order valence-corrected chi connectivity index (χ4v) is 7.52. The van der Waals surface area contributed by atoms with Gasteiger partial charge in [0.1, 0.15) is 5.82 Å². The molecule has 0 fully saturated rings. The molecule has 0 radical (unpaired) electrons. The van der Waals surface area contributed by atoms with Gasteiger partial charge in [-0.05, 0) is 84.0 Å². The molecule has 0 N–H and O–H groups in total. The Balaban J connectivity index is 0.00000374. The van der Waals surface area contributed by atoms with Gasteiger partial charge < -0.3 is 19.3 Å². The van der Waals surface area contributed by atoms with Crippen LogP contribution in [-0.4, -0.2) is 23.3 Å². The summed E-state index contributed by atoms with van der Waals surface area (Å²) in [5, 5.41) is 2.30. The van der Waals surface area contributed by atoms with Gasteiger partial charge in [0.25, 0.3) is 0 Å². The summed E-state index contributed by atoms with van der Waals surface area (Å²) >= 11 is 0. The Morgan fingerprint density at radius 2 is 1.35 bits per heavy atom. The maximum absolute atomic E-state index is 4.95. The van der Waals surface area contributed by atoms with Gasteiger partial charge in [0, 0.05) is 24.4 Å². The molecule has 9 rings (SSSR count). The fraction of sp³-hybridized carbons (Fsp3) is 0.0889.